The molecule has 1 unspecified atom stereocenters. The molecule has 0 aliphatic carbocycles. The van der Waals surface area contributed by atoms with Crippen LogP contribution in [0.3, 0.4) is 0 Å². The van der Waals surface area contributed by atoms with Gasteiger partial charge < -0.3 is 5.73 Å². The van der Waals surface area contributed by atoms with Crippen molar-refractivity contribution in [3.8, 4) is 0 Å². The van der Waals surface area contributed by atoms with Gasteiger partial charge in [-0.25, -0.2) is 4.39 Å². The predicted molar refractivity (Wildman–Crippen MR) is 66.7 cm³/mol. The monoisotopic (exact) mass is 304 g/mol. The molecule has 2 N–H and O–H groups in total. The molecule has 106 valence electrons. The van der Waals surface area contributed by atoms with Crippen LogP contribution in [0.1, 0.15) is 22.7 Å². The second-order valence-corrected chi connectivity index (χ2v) is 4.54. The Labute approximate surface area is 117 Å². The van der Waals surface area contributed by atoms with Gasteiger partial charge in [0.15, 0.2) is 0 Å². The van der Waals surface area contributed by atoms with Gasteiger partial charge in [-0.1, -0.05) is 17.7 Å². The largest absolute Gasteiger partial charge is 0.416 e. The first kappa shape index (κ1) is 14.7. The number of alkyl halides is 3. The third-order valence-corrected chi connectivity index (χ3v) is 3.03. The fourth-order valence-corrected chi connectivity index (χ4v) is 1.99. The molecule has 0 saturated heterocycles. The lowest BCUT2D eigenvalue weighted by atomic mass is 9.96. The number of hydrogen-bond donors (Lipinski definition) is 1. The molecular formula is C13H9ClF4N2. The standard InChI is InChI=1S/C13H9ClF4N2/c14-7-1-2-8(11(15)5-7)12(19)9-6-20-4-3-10(9)13(16,17)18/h1-6,12H,19H2. The quantitative estimate of drug-likeness (QED) is 0.854. The van der Waals surface area contributed by atoms with Crippen LogP contribution in [0.4, 0.5) is 17.6 Å². The van der Waals surface area contributed by atoms with Crippen LogP contribution in [0.25, 0.3) is 0 Å². The van der Waals surface area contributed by atoms with Gasteiger partial charge in [-0.3, -0.25) is 4.98 Å². The highest BCUT2D eigenvalue weighted by Crippen LogP contribution is 2.35. The van der Waals surface area contributed by atoms with Crippen molar-refractivity contribution in [3.05, 3.63) is 64.2 Å². The molecule has 0 bridgehead atoms. The van der Waals surface area contributed by atoms with Crippen LogP contribution < -0.4 is 5.73 Å². The summed E-state index contributed by atoms with van der Waals surface area (Å²) in [6, 6.07) is 3.15. The van der Waals surface area contributed by atoms with Crippen molar-refractivity contribution < 1.29 is 17.6 Å². The van der Waals surface area contributed by atoms with Crippen molar-refractivity contribution >= 4 is 11.6 Å². The van der Waals surface area contributed by atoms with E-state index in [4.69, 9.17) is 17.3 Å². The van der Waals surface area contributed by atoms with Gasteiger partial charge in [0.05, 0.1) is 11.6 Å². The number of nitrogens with two attached hydrogens (primary N) is 1. The molecule has 1 heterocycles. The molecule has 1 aromatic heterocycles. The average molecular weight is 305 g/mol. The fourth-order valence-electron chi connectivity index (χ4n) is 1.83. The van der Waals surface area contributed by atoms with E-state index in [2.05, 4.69) is 4.98 Å². The van der Waals surface area contributed by atoms with Crippen molar-refractivity contribution in [3.63, 3.8) is 0 Å². The summed E-state index contributed by atoms with van der Waals surface area (Å²) in [5.41, 5.74) is 4.44. The van der Waals surface area contributed by atoms with Crippen LogP contribution in [0.15, 0.2) is 36.7 Å². The summed E-state index contributed by atoms with van der Waals surface area (Å²) in [5, 5.41) is 0.140. The summed E-state index contributed by atoms with van der Waals surface area (Å²) in [5.74, 6) is -0.762. The van der Waals surface area contributed by atoms with Gasteiger partial charge in [0, 0.05) is 28.5 Å². The molecular weight excluding hydrogens is 296 g/mol. The van der Waals surface area contributed by atoms with Crippen molar-refractivity contribution in [2.75, 3.05) is 0 Å². The topological polar surface area (TPSA) is 38.9 Å². The summed E-state index contributed by atoms with van der Waals surface area (Å²) in [6.45, 7) is 0. The lowest BCUT2D eigenvalue weighted by Gasteiger charge is -2.18. The molecule has 0 spiro atoms. The van der Waals surface area contributed by atoms with E-state index in [9.17, 15) is 17.6 Å². The third-order valence-electron chi connectivity index (χ3n) is 2.79. The Kier molecular flexibility index (Phi) is 3.96. The van der Waals surface area contributed by atoms with Crippen molar-refractivity contribution in [2.45, 2.75) is 12.2 Å². The number of benzene rings is 1. The molecule has 0 aliphatic heterocycles. The van der Waals surface area contributed by atoms with Crippen molar-refractivity contribution in [1.82, 2.24) is 4.98 Å². The summed E-state index contributed by atoms with van der Waals surface area (Å²) in [6.07, 6.45) is -2.59. The second-order valence-electron chi connectivity index (χ2n) is 4.10. The molecule has 2 rings (SSSR count). The Morgan fingerprint density at radius 1 is 1.15 bits per heavy atom. The van der Waals surface area contributed by atoms with Gasteiger partial charge >= 0.3 is 6.18 Å². The van der Waals surface area contributed by atoms with E-state index in [0.29, 0.717) is 0 Å². The second kappa shape index (κ2) is 5.38. The Morgan fingerprint density at radius 3 is 2.45 bits per heavy atom. The summed E-state index contributed by atoms with van der Waals surface area (Å²) >= 11 is 5.60. The minimum absolute atomic E-state index is 0.0760. The van der Waals surface area contributed by atoms with Gasteiger partial charge in [0.1, 0.15) is 5.82 Å². The van der Waals surface area contributed by atoms with Crippen LogP contribution in [-0.2, 0) is 6.18 Å². The van der Waals surface area contributed by atoms with Crippen LogP contribution in [0.5, 0.6) is 0 Å². The number of halogens is 5. The summed E-state index contributed by atoms with van der Waals surface area (Å²) < 4.78 is 52.4. The summed E-state index contributed by atoms with van der Waals surface area (Å²) in [7, 11) is 0. The highest BCUT2D eigenvalue weighted by molar-refractivity contribution is 6.30. The first-order valence-corrected chi connectivity index (χ1v) is 5.90. The van der Waals surface area contributed by atoms with Crippen molar-refractivity contribution in [1.29, 1.82) is 0 Å². The Balaban J connectivity index is 2.51. The number of nitrogens with zero attached hydrogens (tertiary/aromatic N) is 1. The average Bonchev–Trinajstić information content (AvgIpc) is 2.37. The maximum Gasteiger partial charge on any atom is 0.416 e. The zero-order chi connectivity index (χ0) is 14.9. The van der Waals surface area contributed by atoms with Crippen molar-refractivity contribution in [2.24, 2.45) is 5.73 Å². The van der Waals surface area contributed by atoms with E-state index in [1.807, 2.05) is 0 Å². The number of pyridine rings is 1. The van der Waals surface area contributed by atoms with Crippen LogP contribution >= 0.6 is 11.6 Å². The van der Waals surface area contributed by atoms with Gasteiger partial charge in [0.2, 0.25) is 0 Å². The van der Waals surface area contributed by atoms with E-state index >= 15 is 0 Å². The molecule has 0 amide bonds. The maximum absolute atomic E-state index is 13.7. The minimum atomic E-state index is -4.58. The zero-order valence-corrected chi connectivity index (χ0v) is 10.7. The number of aromatic nitrogens is 1. The molecule has 7 heteroatoms. The predicted octanol–water partition coefficient (Wildman–Crippen LogP) is 3.94. The Morgan fingerprint density at radius 2 is 1.85 bits per heavy atom. The van der Waals surface area contributed by atoms with Crippen LogP contribution in [0.2, 0.25) is 5.02 Å². The molecule has 0 aliphatic rings. The SMILES string of the molecule is NC(c1ccc(Cl)cc1F)c1cnccc1C(F)(F)F. The van der Waals surface area contributed by atoms with E-state index in [-0.39, 0.29) is 16.1 Å². The Bertz CT molecular complexity index is 628. The molecule has 20 heavy (non-hydrogen) atoms. The normalized spacial score (nSPS) is 13.3. The van der Waals surface area contributed by atoms with Crippen LogP contribution in [0, 0.1) is 5.82 Å². The minimum Gasteiger partial charge on any atom is -0.320 e. The number of rotatable bonds is 2. The Hall–Kier alpha value is -1.66. The van der Waals surface area contributed by atoms with Gasteiger partial charge in [-0.05, 0) is 18.2 Å². The molecule has 0 saturated carbocycles. The zero-order valence-electron chi connectivity index (χ0n) is 9.96. The number of hydrogen-bond acceptors (Lipinski definition) is 2. The first-order chi connectivity index (χ1) is 9.30. The lowest BCUT2D eigenvalue weighted by Crippen LogP contribution is -2.19. The van der Waals surface area contributed by atoms with E-state index in [0.717, 1.165) is 24.5 Å². The molecule has 0 fully saturated rings. The van der Waals surface area contributed by atoms with Gasteiger partial charge in [-0.2, -0.15) is 13.2 Å². The first-order valence-electron chi connectivity index (χ1n) is 5.52. The fraction of sp³-hybridized carbons (Fsp3) is 0.154. The summed E-state index contributed by atoms with van der Waals surface area (Å²) in [4.78, 5) is 3.62. The van der Waals surface area contributed by atoms with E-state index in [1.54, 1.807) is 0 Å². The smallest absolute Gasteiger partial charge is 0.320 e. The molecule has 1 aromatic carbocycles. The van der Waals surface area contributed by atoms with E-state index < -0.39 is 23.6 Å². The molecule has 0 radical (unpaired) electrons. The van der Waals surface area contributed by atoms with Gasteiger partial charge in [0.25, 0.3) is 0 Å². The maximum atomic E-state index is 13.7. The van der Waals surface area contributed by atoms with E-state index in [1.165, 1.54) is 12.1 Å². The highest BCUT2D eigenvalue weighted by Gasteiger charge is 2.35. The third kappa shape index (κ3) is 2.91. The molecule has 2 nitrogen and oxygen atoms in total. The van der Waals surface area contributed by atoms with Crippen LogP contribution in [-0.4, -0.2) is 4.98 Å². The highest BCUT2D eigenvalue weighted by atomic mass is 35.5. The van der Waals surface area contributed by atoms with Gasteiger partial charge in [-0.15, -0.1) is 0 Å². The molecule has 2 aromatic rings. The molecule has 1 atom stereocenters. The lowest BCUT2D eigenvalue weighted by molar-refractivity contribution is -0.138.